The standard InChI is InChI=1S/C14H19N5O/c1-7-11-12(16-17-13(11)19(2)18-7)15-14(20)10-6-8-3-4-9(10)5-8/h8-10H,3-6H2,1-2H3,(H2,15,16,17,20)/t8-,9-,10+/m0/s1. The molecule has 2 aliphatic carbocycles. The van der Waals surface area contributed by atoms with Crippen molar-refractivity contribution in [2.75, 3.05) is 5.32 Å². The highest BCUT2D eigenvalue weighted by atomic mass is 16.2. The number of hydrogen-bond acceptors (Lipinski definition) is 3. The largest absolute Gasteiger partial charge is 0.310 e. The molecule has 2 aromatic rings. The Balaban J connectivity index is 1.60. The van der Waals surface area contributed by atoms with E-state index < -0.39 is 0 Å². The van der Waals surface area contributed by atoms with Gasteiger partial charge in [-0.25, -0.2) is 4.68 Å². The molecule has 2 fully saturated rings. The van der Waals surface area contributed by atoms with Crippen LogP contribution in [0.3, 0.4) is 0 Å². The maximum absolute atomic E-state index is 12.5. The van der Waals surface area contributed by atoms with Gasteiger partial charge in [0.25, 0.3) is 0 Å². The maximum atomic E-state index is 12.5. The smallest absolute Gasteiger partial charge is 0.228 e. The first-order chi connectivity index (χ1) is 9.63. The van der Waals surface area contributed by atoms with Gasteiger partial charge in [-0.05, 0) is 38.0 Å². The second-order valence-electron chi connectivity index (χ2n) is 6.28. The molecule has 0 aliphatic heterocycles. The number of aromatic amines is 1. The Morgan fingerprint density at radius 3 is 2.95 bits per heavy atom. The third-order valence-electron chi connectivity index (χ3n) is 5.04. The zero-order valence-corrected chi connectivity index (χ0v) is 11.8. The van der Waals surface area contributed by atoms with E-state index in [-0.39, 0.29) is 11.8 Å². The molecule has 2 aromatic heterocycles. The van der Waals surface area contributed by atoms with E-state index in [2.05, 4.69) is 20.6 Å². The number of hydrogen-bond donors (Lipinski definition) is 2. The Labute approximate surface area is 116 Å². The summed E-state index contributed by atoms with van der Waals surface area (Å²) in [6.07, 6.45) is 4.82. The van der Waals surface area contributed by atoms with Crippen molar-refractivity contribution < 1.29 is 4.79 Å². The summed E-state index contributed by atoms with van der Waals surface area (Å²) in [5.74, 6) is 2.39. The summed E-state index contributed by atoms with van der Waals surface area (Å²) in [7, 11) is 1.86. The van der Waals surface area contributed by atoms with E-state index in [0.717, 1.165) is 29.1 Å². The first-order valence-corrected chi connectivity index (χ1v) is 7.32. The minimum absolute atomic E-state index is 0.144. The van der Waals surface area contributed by atoms with Crippen molar-refractivity contribution in [2.24, 2.45) is 24.8 Å². The summed E-state index contributed by atoms with van der Waals surface area (Å²) in [5, 5.41) is 15.5. The number of nitrogens with zero attached hydrogens (tertiary/aromatic N) is 3. The van der Waals surface area contributed by atoms with Crippen LogP contribution in [0.2, 0.25) is 0 Å². The second kappa shape index (κ2) is 4.07. The van der Waals surface area contributed by atoms with E-state index in [9.17, 15) is 4.79 Å². The number of fused-ring (bicyclic) bond motifs is 3. The molecule has 2 heterocycles. The molecule has 2 N–H and O–H groups in total. The van der Waals surface area contributed by atoms with Crippen molar-refractivity contribution in [2.45, 2.75) is 32.6 Å². The fourth-order valence-electron chi connectivity index (χ4n) is 4.10. The molecule has 3 atom stereocenters. The van der Waals surface area contributed by atoms with E-state index in [1.807, 2.05) is 14.0 Å². The molecule has 2 aliphatic rings. The van der Waals surface area contributed by atoms with E-state index >= 15 is 0 Å². The van der Waals surface area contributed by atoms with Gasteiger partial charge in [-0.1, -0.05) is 6.42 Å². The van der Waals surface area contributed by atoms with Gasteiger partial charge in [0.2, 0.25) is 5.91 Å². The van der Waals surface area contributed by atoms with Gasteiger partial charge in [-0.3, -0.25) is 9.89 Å². The number of anilines is 1. The number of carbonyl (C=O) groups is 1. The highest BCUT2D eigenvalue weighted by molar-refractivity contribution is 6.00. The SMILES string of the molecule is Cc1nn(C)c2n[nH]c(NC(=O)[C@@H]3C[C@H]4CC[C@H]3C4)c12. The Kier molecular flexibility index (Phi) is 2.43. The minimum atomic E-state index is 0.144. The van der Waals surface area contributed by atoms with E-state index in [0.29, 0.717) is 11.7 Å². The van der Waals surface area contributed by atoms with E-state index in [1.165, 1.54) is 19.3 Å². The van der Waals surface area contributed by atoms with Crippen molar-refractivity contribution >= 4 is 22.8 Å². The first kappa shape index (κ1) is 11.9. The molecular formula is C14H19N5O. The molecule has 0 spiro atoms. The molecule has 0 saturated heterocycles. The van der Waals surface area contributed by atoms with Crippen molar-refractivity contribution in [1.82, 2.24) is 20.0 Å². The zero-order chi connectivity index (χ0) is 13.9. The number of aryl methyl sites for hydroxylation is 2. The average Bonchev–Trinajstić information content (AvgIpc) is 3.15. The molecular weight excluding hydrogens is 254 g/mol. The number of H-pyrrole nitrogens is 1. The first-order valence-electron chi connectivity index (χ1n) is 7.32. The van der Waals surface area contributed by atoms with Gasteiger partial charge >= 0.3 is 0 Å². The Morgan fingerprint density at radius 2 is 2.25 bits per heavy atom. The predicted octanol–water partition coefficient (Wildman–Crippen LogP) is 1.98. The lowest BCUT2D eigenvalue weighted by molar-refractivity contribution is -0.121. The van der Waals surface area contributed by atoms with Gasteiger partial charge in [0.05, 0.1) is 11.1 Å². The lowest BCUT2D eigenvalue weighted by Gasteiger charge is -2.20. The van der Waals surface area contributed by atoms with Gasteiger partial charge in [0, 0.05) is 13.0 Å². The molecule has 20 heavy (non-hydrogen) atoms. The predicted molar refractivity (Wildman–Crippen MR) is 75.2 cm³/mol. The zero-order valence-electron chi connectivity index (χ0n) is 11.8. The summed E-state index contributed by atoms with van der Waals surface area (Å²) in [6, 6.07) is 0. The molecule has 106 valence electrons. The Morgan fingerprint density at radius 1 is 1.40 bits per heavy atom. The van der Waals surface area contributed by atoms with Crippen molar-refractivity contribution in [1.29, 1.82) is 0 Å². The Hall–Kier alpha value is -1.85. The average molecular weight is 273 g/mol. The van der Waals surface area contributed by atoms with Crippen LogP contribution in [0.25, 0.3) is 11.0 Å². The van der Waals surface area contributed by atoms with Gasteiger partial charge in [-0.15, -0.1) is 0 Å². The quantitative estimate of drug-likeness (QED) is 0.878. The lowest BCUT2D eigenvalue weighted by Crippen LogP contribution is -2.27. The normalized spacial score (nSPS) is 28.4. The highest BCUT2D eigenvalue weighted by Gasteiger charge is 2.43. The lowest BCUT2D eigenvalue weighted by atomic mass is 9.88. The molecule has 0 aromatic carbocycles. The second-order valence-corrected chi connectivity index (χ2v) is 6.28. The van der Waals surface area contributed by atoms with Crippen LogP contribution in [-0.4, -0.2) is 25.9 Å². The van der Waals surface area contributed by atoms with Crippen molar-refractivity contribution in [3.8, 4) is 0 Å². The number of rotatable bonds is 2. The topological polar surface area (TPSA) is 75.6 Å². The third-order valence-corrected chi connectivity index (χ3v) is 5.04. The van der Waals surface area contributed by atoms with Crippen LogP contribution in [0.15, 0.2) is 0 Å². The summed E-state index contributed by atoms with van der Waals surface area (Å²) in [4.78, 5) is 12.5. The van der Waals surface area contributed by atoms with Gasteiger partial charge in [0.1, 0.15) is 5.82 Å². The van der Waals surface area contributed by atoms with Gasteiger partial charge in [-0.2, -0.15) is 10.2 Å². The molecule has 0 radical (unpaired) electrons. The number of nitrogens with one attached hydrogen (secondary N) is 2. The fourth-order valence-corrected chi connectivity index (χ4v) is 4.10. The van der Waals surface area contributed by atoms with E-state index in [4.69, 9.17) is 0 Å². The number of aromatic nitrogens is 4. The third kappa shape index (κ3) is 1.60. The van der Waals surface area contributed by atoms with Crippen molar-refractivity contribution in [3.05, 3.63) is 5.69 Å². The molecule has 2 bridgehead atoms. The van der Waals surface area contributed by atoms with Crippen LogP contribution in [0.1, 0.15) is 31.4 Å². The minimum Gasteiger partial charge on any atom is -0.310 e. The number of carbonyl (C=O) groups excluding carboxylic acids is 1. The molecule has 4 rings (SSSR count). The van der Waals surface area contributed by atoms with Crippen LogP contribution in [-0.2, 0) is 11.8 Å². The highest BCUT2D eigenvalue weighted by Crippen LogP contribution is 2.48. The van der Waals surface area contributed by atoms with Crippen LogP contribution in [0, 0.1) is 24.7 Å². The van der Waals surface area contributed by atoms with Crippen LogP contribution in [0.4, 0.5) is 5.82 Å². The molecule has 6 heteroatoms. The molecule has 0 unspecified atom stereocenters. The van der Waals surface area contributed by atoms with Gasteiger partial charge in [0.15, 0.2) is 5.65 Å². The molecule has 1 amide bonds. The fraction of sp³-hybridized carbons (Fsp3) is 0.643. The van der Waals surface area contributed by atoms with Crippen LogP contribution in [0.5, 0.6) is 0 Å². The number of amides is 1. The van der Waals surface area contributed by atoms with E-state index in [1.54, 1.807) is 4.68 Å². The van der Waals surface area contributed by atoms with Gasteiger partial charge < -0.3 is 5.32 Å². The monoisotopic (exact) mass is 273 g/mol. The van der Waals surface area contributed by atoms with Crippen LogP contribution < -0.4 is 5.32 Å². The maximum Gasteiger partial charge on any atom is 0.228 e. The molecule has 6 nitrogen and oxygen atoms in total. The Bertz CT molecular complexity index is 685. The summed E-state index contributed by atoms with van der Waals surface area (Å²) >= 11 is 0. The van der Waals surface area contributed by atoms with Crippen LogP contribution >= 0.6 is 0 Å². The summed E-state index contributed by atoms with van der Waals surface area (Å²) in [6.45, 7) is 1.94. The van der Waals surface area contributed by atoms with Crippen molar-refractivity contribution in [3.63, 3.8) is 0 Å². The summed E-state index contributed by atoms with van der Waals surface area (Å²) in [5.41, 5.74) is 1.67. The summed E-state index contributed by atoms with van der Waals surface area (Å²) < 4.78 is 1.73. The molecule has 2 saturated carbocycles.